The highest BCUT2D eigenvalue weighted by Crippen LogP contribution is 2.59. The predicted molar refractivity (Wildman–Crippen MR) is 249 cm³/mol. The van der Waals surface area contributed by atoms with Gasteiger partial charge >= 0.3 is 0 Å². The van der Waals surface area contributed by atoms with Gasteiger partial charge in [0.05, 0.1) is 11.1 Å². The molecule has 1 aliphatic carbocycles. The van der Waals surface area contributed by atoms with Crippen LogP contribution in [0.25, 0.3) is 44.2 Å². The summed E-state index contributed by atoms with van der Waals surface area (Å²) in [6.07, 6.45) is 0. The molecule has 1 aliphatic rings. The lowest BCUT2D eigenvalue weighted by Gasteiger charge is -2.35. The molecule has 0 fully saturated rings. The zero-order valence-corrected chi connectivity index (χ0v) is 34.8. The van der Waals surface area contributed by atoms with Gasteiger partial charge in [0.25, 0.3) is 0 Å². The van der Waals surface area contributed by atoms with Crippen molar-refractivity contribution >= 4 is 39.0 Å². The van der Waals surface area contributed by atoms with Crippen molar-refractivity contribution in [1.29, 1.82) is 0 Å². The molecule has 0 atom stereocenters. The molecular weight excluding hydrogens is 715 g/mol. The van der Waals surface area contributed by atoms with Gasteiger partial charge < -0.3 is 9.32 Å². The Morgan fingerprint density at radius 2 is 0.983 bits per heavy atom. The van der Waals surface area contributed by atoms with Crippen LogP contribution in [0.15, 0.2) is 192 Å². The molecule has 2 heteroatoms. The Balaban J connectivity index is 1.25. The number of fused-ring (bicyclic) bond motifs is 6. The van der Waals surface area contributed by atoms with Crippen molar-refractivity contribution < 1.29 is 4.42 Å². The molecule has 0 spiro atoms. The second-order valence-electron chi connectivity index (χ2n) is 18.2. The third-order valence-electron chi connectivity index (χ3n) is 12.5. The standard InChI is InChI=1S/C57H49NO/c1-55(2,3)41-35-42(56(4,5)6)37-44(36-41)58(43-33-31-38(32-34-43)45-25-17-26-47-46-23-14-16-30-52(46)59-54(45)47)51-29-18-28-50-53(51)48-24-13-15-27-49(48)57(50,39-19-9-7-10-20-39)40-21-11-8-12-22-40/h7-37H,1-6H3. The van der Waals surface area contributed by atoms with E-state index in [4.69, 9.17) is 4.42 Å². The maximum absolute atomic E-state index is 6.51. The molecule has 0 radical (unpaired) electrons. The van der Waals surface area contributed by atoms with Crippen molar-refractivity contribution in [2.75, 3.05) is 4.90 Å². The summed E-state index contributed by atoms with van der Waals surface area (Å²) in [6, 6.07) is 69.3. The highest BCUT2D eigenvalue weighted by molar-refractivity contribution is 6.09. The first-order valence-corrected chi connectivity index (χ1v) is 20.8. The molecule has 8 aromatic carbocycles. The zero-order chi connectivity index (χ0) is 40.5. The minimum Gasteiger partial charge on any atom is -0.455 e. The molecule has 10 rings (SSSR count). The maximum atomic E-state index is 6.51. The van der Waals surface area contributed by atoms with Gasteiger partial charge in [-0.25, -0.2) is 0 Å². The van der Waals surface area contributed by atoms with E-state index < -0.39 is 5.41 Å². The highest BCUT2D eigenvalue weighted by Gasteiger charge is 2.47. The monoisotopic (exact) mass is 763 g/mol. The molecule has 9 aromatic rings. The van der Waals surface area contributed by atoms with Gasteiger partial charge in [0.1, 0.15) is 11.2 Å². The number of hydrogen-bond donors (Lipinski definition) is 0. The van der Waals surface area contributed by atoms with E-state index in [1.165, 1.54) is 44.5 Å². The Morgan fingerprint density at radius 1 is 0.441 bits per heavy atom. The Hall–Kier alpha value is -6.64. The molecule has 59 heavy (non-hydrogen) atoms. The molecule has 288 valence electrons. The predicted octanol–water partition coefficient (Wildman–Crippen LogP) is 15.7. The van der Waals surface area contributed by atoms with Crippen LogP contribution in [0, 0.1) is 0 Å². The molecule has 0 amide bonds. The van der Waals surface area contributed by atoms with Crippen LogP contribution < -0.4 is 4.90 Å². The Morgan fingerprint density at radius 3 is 1.64 bits per heavy atom. The van der Waals surface area contributed by atoms with Crippen molar-refractivity contribution in [3.8, 4) is 22.3 Å². The number of para-hydroxylation sites is 2. The first-order valence-electron chi connectivity index (χ1n) is 20.8. The summed E-state index contributed by atoms with van der Waals surface area (Å²) >= 11 is 0. The SMILES string of the molecule is CC(C)(C)c1cc(N(c2ccc(-c3cccc4c3oc3ccccc34)cc2)c2cccc3c2-c2ccccc2C3(c2ccccc2)c2ccccc2)cc(C(C)(C)C)c1. The average Bonchev–Trinajstić information content (AvgIpc) is 3.79. The lowest BCUT2D eigenvalue weighted by atomic mass is 9.68. The van der Waals surface area contributed by atoms with E-state index in [0.29, 0.717) is 0 Å². The fourth-order valence-electron chi connectivity index (χ4n) is 9.46. The van der Waals surface area contributed by atoms with Crippen LogP contribution in [0.2, 0.25) is 0 Å². The van der Waals surface area contributed by atoms with Crippen LogP contribution in [-0.4, -0.2) is 0 Å². The van der Waals surface area contributed by atoms with E-state index in [-0.39, 0.29) is 10.8 Å². The molecule has 0 N–H and O–H groups in total. The summed E-state index contributed by atoms with van der Waals surface area (Å²) in [4.78, 5) is 2.51. The number of hydrogen-bond acceptors (Lipinski definition) is 2. The zero-order valence-electron chi connectivity index (χ0n) is 34.8. The van der Waals surface area contributed by atoms with E-state index in [2.05, 4.69) is 228 Å². The van der Waals surface area contributed by atoms with Crippen LogP contribution in [0.5, 0.6) is 0 Å². The molecule has 1 aromatic heterocycles. The largest absolute Gasteiger partial charge is 0.455 e. The number of nitrogens with zero attached hydrogens (tertiary/aromatic N) is 1. The Labute approximate surface area is 348 Å². The van der Waals surface area contributed by atoms with E-state index >= 15 is 0 Å². The van der Waals surface area contributed by atoms with E-state index in [1.807, 2.05) is 6.07 Å². The number of anilines is 3. The van der Waals surface area contributed by atoms with Crippen molar-refractivity contribution in [3.05, 3.63) is 221 Å². The van der Waals surface area contributed by atoms with Crippen LogP contribution >= 0.6 is 0 Å². The van der Waals surface area contributed by atoms with Crippen LogP contribution in [-0.2, 0) is 16.2 Å². The topological polar surface area (TPSA) is 16.4 Å². The fourth-order valence-corrected chi connectivity index (χ4v) is 9.46. The Kier molecular flexibility index (Phi) is 8.54. The summed E-state index contributed by atoms with van der Waals surface area (Å²) in [6.45, 7) is 13.9. The summed E-state index contributed by atoms with van der Waals surface area (Å²) in [7, 11) is 0. The average molecular weight is 764 g/mol. The highest BCUT2D eigenvalue weighted by atomic mass is 16.3. The molecule has 0 saturated carbocycles. The second kappa shape index (κ2) is 13.7. The van der Waals surface area contributed by atoms with Crippen LogP contribution in [0.3, 0.4) is 0 Å². The Bertz CT molecular complexity index is 2920. The van der Waals surface area contributed by atoms with Crippen molar-refractivity contribution in [1.82, 2.24) is 0 Å². The summed E-state index contributed by atoms with van der Waals surface area (Å²) in [5.74, 6) is 0. The number of benzene rings is 8. The summed E-state index contributed by atoms with van der Waals surface area (Å²) < 4.78 is 6.51. The van der Waals surface area contributed by atoms with Crippen molar-refractivity contribution in [3.63, 3.8) is 0 Å². The molecule has 0 bridgehead atoms. The number of rotatable bonds is 6. The van der Waals surface area contributed by atoms with Gasteiger partial charge in [-0.2, -0.15) is 0 Å². The van der Waals surface area contributed by atoms with Gasteiger partial charge in [0.15, 0.2) is 0 Å². The quantitative estimate of drug-likeness (QED) is 0.168. The van der Waals surface area contributed by atoms with E-state index in [1.54, 1.807) is 0 Å². The van der Waals surface area contributed by atoms with Gasteiger partial charge in [-0.05, 0) is 91.7 Å². The van der Waals surface area contributed by atoms with Crippen LogP contribution in [0.1, 0.15) is 74.9 Å². The smallest absolute Gasteiger partial charge is 0.143 e. The summed E-state index contributed by atoms with van der Waals surface area (Å²) in [5, 5.41) is 2.28. The molecular formula is C57H49NO. The maximum Gasteiger partial charge on any atom is 0.143 e. The second-order valence-corrected chi connectivity index (χ2v) is 18.2. The third kappa shape index (κ3) is 5.92. The molecule has 0 aliphatic heterocycles. The molecule has 0 saturated heterocycles. The van der Waals surface area contributed by atoms with Crippen molar-refractivity contribution in [2.45, 2.75) is 57.8 Å². The minimum atomic E-state index is -0.505. The summed E-state index contributed by atoms with van der Waals surface area (Å²) in [5.41, 5.74) is 17.1. The molecule has 0 unspecified atom stereocenters. The van der Waals surface area contributed by atoms with Gasteiger partial charge in [-0.15, -0.1) is 0 Å². The normalized spacial score (nSPS) is 13.4. The van der Waals surface area contributed by atoms with Crippen LogP contribution in [0.4, 0.5) is 17.1 Å². The van der Waals surface area contributed by atoms with Crippen molar-refractivity contribution in [2.24, 2.45) is 0 Å². The van der Waals surface area contributed by atoms with E-state index in [0.717, 1.165) is 50.1 Å². The van der Waals surface area contributed by atoms with Gasteiger partial charge in [0.2, 0.25) is 0 Å². The first kappa shape index (κ1) is 36.7. The van der Waals surface area contributed by atoms with Gasteiger partial charge in [-0.3, -0.25) is 0 Å². The molecule has 2 nitrogen and oxygen atoms in total. The third-order valence-corrected chi connectivity index (χ3v) is 12.5. The lowest BCUT2D eigenvalue weighted by Crippen LogP contribution is -2.28. The first-order chi connectivity index (χ1) is 28.5. The lowest BCUT2D eigenvalue weighted by molar-refractivity contribution is 0.569. The fraction of sp³-hybridized carbons (Fsp3) is 0.158. The van der Waals surface area contributed by atoms with Gasteiger partial charge in [-0.1, -0.05) is 193 Å². The number of furan rings is 1. The van der Waals surface area contributed by atoms with Gasteiger partial charge in [0, 0.05) is 33.3 Å². The van der Waals surface area contributed by atoms with E-state index in [9.17, 15) is 0 Å². The molecule has 1 heterocycles. The minimum absolute atomic E-state index is 0.0577.